The van der Waals surface area contributed by atoms with Gasteiger partial charge in [0, 0.05) is 17.5 Å². The zero-order valence-electron chi connectivity index (χ0n) is 14.9. The van der Waals surface area contributed by atoms with Gasteiger partial charge in [-0.3, -0.25) is 9.36 Å². The first-order valence-electron chi connectivity index (χ1n) is 8.24. The lowest BCUT2D eigenvalue weighted by molar-refractivity contribution is 0.355. The average molecular weight is 358 g/mol. The second kappa shape index (κ2) is 7.27. The van der Waals surface area contributed by atoms with Crippen LogP contribution in [0.3, 0.4) is 0 Å². The van der Waals surface area contributed by atoms with Gasteiger partial charge in [0.2, 0.25) is 0 Å². The molecule has 0 fully saturated rings. The molecule has 1 aromatic carbocycles. The normalized spacial score (nSPS) is 11.2. The summed E-state index contributed by atoms with van der Waals surface area (Å²) in [7, 11) is 3.22. The molecule has 0 aliphatic carbocycles. The minimum atomic E-state index is 0.0300. The van der Waals surface area contributed by atoms with E-state index in [0.717, 1.165) is 23.1 Å². The minimum absolute atomic E-state index is 0.0300. The number of benzene rings is 1. The van der Waals surface area contributed by atoms with Crippen molar-refractivity contribution in [3.05, 3.63) is 40.3 Å². The van der Waals surface area contributed by atoms with E-state index < -0.39 is 0 Å². The van der Waals surface area contributed by atoms with Crippen LogP contribution >= 0.6 is 11.3 Å². The maximum Gasteiger partial charge on any atom is 0.271 e. The second-order valence-electron chi connectivity index (χ2n) is 6.32. The first-order valence-corrected chi connectivity index (χ1v) is 9.12. The van der Waals surface area contributed by atoms with Gasteiger partial charge in [-0.1, -0.05) is 19.9 Å². The number of thiophene rings is 1. The van der Waals surface area contributed by atoms with Crippen molar-refractivity contribution in [2.24, 2.45) is 5.92 Å². The minimum Gasteiger partial charge on any atom is -0.493 e. The molecular weight excluding hydrogens is 336 g/mol. The molecule has 0 saturated carbocycles. The van der Waals surface area contributed by atoms with Gasteiger partial charge in [-0.25, -0.2) is 4.98 Å². The molecular formula is C19H22N2O3S. The molecule has 0 amide bonds. The number of aromatic nitrogens is 2. The topological polar surface area (TPSA) is 53.4 Å². The number of rotatable bonds is 6. The summed E-state index contributed by atoms with van der Waals surface area (Å²) in [5, 5.41) is 1.98. The van der Waals surface area contributed by atoms with Gasteiger partial charge in [0.1, 0.15) is 4.70 Å². The molecule has 5 nitrogen and oxygen atoms in total. The van der Waals surface area contributed by atoms with Crippen molar-refractivity contribution in [3.8, 4) is 22.6 Å². The van der Waals surface area contributed by atoms with Crippen LogP contribution in [-0.2, 0) is 6.54 Å². The molecule has 6 heteroatoms. The third-order valence-corrected chi connectivity index (χ3v) is 5.15. The fraction of sp³-hybridized carbons (Fsp3) is 0.368. The van der Waals surface area contributed by atoms with Crippen LogP contribution < -0.4 is 15.0 Å². The van der Waals surface area contributed by atoms with Crippen molar-refractivity contribution < 1.29 is 9.47 Å². The Balaban J connectivity index is 2.04. The molecule has 2 aromatic heterocycles. The average Bonchev–Trinajstić information content (AvgIpc) is 3.05. The summed E-state index contributed by atoms with van der Waals surface area (Å²) in [4.78, 5) is 17.3. The van der Waals surface area contributed by atoms with Crippen molar-refractivity contribution >= 4 is 21.6 Å². The molecule has 0 unspecified atom stereocenters. The van der Waals surface area contributed by atoms with Gasteiger partial charge >= 0.3 is 0 Å². The summed E-state index contributed by atoms with van der Waals surface area (Å²) in [5.74, 6) is 1.88. The van der Waals surface area contributed by atoms with E-state index in [9.17, 15) is 4.79 Å². The Morgan fingerprint density at radius 2 is 1.96 bits per heavy atom. The molecule has 0 atom stereocenters. The number of nitrogens with zero attached hydrogens (tertiary/aromatic N) is 2. The van der Waals surface area contributed by atoms with Crippen LogP contribution in [-0.4, -0.2) is 23.8 Å². The highest BCUT2D eigenvalue weighted by Crippen LogP contribution is 2.36. The zero-order valence-corrected chi connectivity index (χ0v) is 15.7. The Kier molecular flexibility index (Phi) is 5.08. The lowest BCUT2D eigenvalue weighted by Gasteiger charge is -2.09. The number of hydrogen-bond donors (Lipinski definition) is 0. The molecule has 0 saturated heterocycles. The highest BCUT2D eigenvalue weighted by atomic mass is 32.1. The van der Waals surface area contributed by atoms with Gasteiger partial charge in [0.05, 0.1) is 26.1 Å². The van der Waals surface area contributed by atoms with E-state index in [-0.39, 0.29) is 5.56 Å². The summed E-state index contributed by atoms with van der Waals surface area (Å²) >= 11 is 1.44. The number of hydrogen-bond acceptors (Lipinski definition) is 5. The SMILES string of the molecule is COc1ccc(-c2csc3c(=O)n(CCC(C)C)cnc23)cc1OC. The molecule has 0 aliphatic heterocycles. The summed E-state index contributed by atoms with van der Waals surface area (Å²) < 4.78 is 13.1. The van der Waals surface area contributed by atoms with Crippen LogP contribution in [0.5, 0.6) is 11.5 Å². The zero-order chi connectivity index (χ0) is 18.0. The summed E-state index contributed by atoms with van der Waals surface area (Å²) in [6.45, 7) is 5.00. The van der Waals surface area contributed by atoms with E-state index in [4.69, 9.17) is 9.47 Å². The van der Waals surface area contributed by atoms with Gasteiger partial charge in [-0.2, -0.15) is 0 Å². The number of methoxy groups -OCH3 is 2. The van der Waals surface area contributed by atoms with Gasteiger partial charge in [-0.15, -0.1) is 11.3 Å². The molecule has 3 rings (SSSR count). The Hall–Kier alpha value is -2.34. The fourth-order valence-corrected chi connectivity index (χ4v) is 3.68. The third kappa shape index (κ3) is 3.39. The number of fused-ring (bicyclic) bond motifs is 1. The van der Waals surface area contributed by atoms with Crippen LogP contribution in [0.4, 0.5) is 0 Å². The first-order chi connectivity index (χ1) is 12.0. The van der Waals surface area contributed by atoms with Crippen LogP contribution in [0.15, 0.2) is 34.7 Å². The van der Waals surface area contributed by atoms with Crippen LogP contribution in [0.25, 0.3) is 21.3 Å². The van der Waals surface area contributed by atoms with Crippen molar-refractivity contribution in [2.45, 2.75) is 26.8 Å². The standard InChI is InChI=1S/C19H22N2O3S/c1-12(2)7-8-21-11-20-17-14(10-25-18(17)19(21)22)13-5-6-15(23-3)16(9-13)24-4/h5-6,9-12H,7-8H2,1-4H3. The lowest BCUT2D eigenvalue weighted by Crippen LogP contribution is -2.20. The summed E-state index contributed by atoms with van der Waals surface area (Å²) in [5.41, 5.74) is 2.66. The van der Waals surface area contributed by atoms with E-state index >= 15 is 0 Å². The van der Waals surface area contributed by atoms with E-state index in [1.54, 1.807) is 25.1 Å². The van der Waals surface area contributed by atoms with Crippen LogP contribution in [0.1, 0.15) is 20.3 Å². The Morgan fingerprint density at radius 1 is 1.20 bits per heavy atom. The van der Waals surface area contributed by atoms with E-state index in [2.05, 4.69) is 18.8 Å². The van der Waals surface area contributed by atoms with Gasteiger partial charge < -0.3 is 9.47 Å². The molecule has 0 spiro atoms. The van der Waals surface area contributed by atoms with Crippen molar-refractivity contribution in [1.82, 2.24) is 9.55 Å². The number of ether oxygens (including phenoxy) is 2. The Morgan fingerprint density at radius 3 is 2.64 bits per heavy atom. The monoisotopic (exact) mass is 358 g/mol. The smallest absolute Gasteiger partial charge is 0.271 e. The first kappa shape index (κ1) is 17.5. The summed E-state index contributed by atoms with van der Waals surface area (Å²) in [6.07, 6.45) is 2.62. The Bertz CT molecular complexity index is 943. The molecule has 0 N–H and O–H groups in total. The van der Waals surface area contributed by atoms with Crippen molar-refractivity contribution in [1.29, 1.82) is 0 Å². The molecule has 2 heterocycles. The quantitative estimate of drug-likeness (QED) is 0.663. The number of aryl methyl sites for hydroxylation is 1. The molecule has 3 aromatic rings. The maximum absolute atomic E-state index is 12.7. The predicted molar refractivity (Wildman–Crippen MR) is 102 cm³/mol. The third-order valence-electron chi connectivity index (χ3n) is 4.19. The van der Waals surface area contributed by atoms with E-state index in [1.165, 1.54) is 11.3 Å². The maximum atomic E-state index is 12.7. The largest absolute Gasteiger partial charge is 0.493 e. The van der Waals surface area contributed by atoms with E-state index in [0.29, 0.717) is 28.7 Å². The van der Waals surface area contributed by atoms with Gasteiger partial charge in [-0.05, 0) is 30.0 Å². The summed E-state index contributed by atoms with van der Waals surface area (Å²) in [6, 6.07) is 5.72. The molecule has 0 radical (unpaired) electrons. The van der Waals surface area contributed by atoms with Gasteiger partial charge in [0.25, 0.3) is 5.56 Å². The van der Waals surface area contributed by atoms with Crippen LogP contribution in [0.2, 0.25) is 0 Å². The molecule has 25 heavy (non-hydrogen) atoms. The highest BCUT2D eigenvalue weighted by Gasteiger charge is 2.14. The van der Waals surface area contributed by atoms with Crippen molar-refractivity contribution in [3.63, 3.8) is 0 Å². The van der Waals surface area contributed by atoms with Crippen LogP contribution in [0, 0.1) is 5.92 Å². The second-order valence-corrected chi connectivity index (χ2v) is 7.20. The van der Waals surface area contributed by atoms with E-state index in [1.807, 2.05) is 23.6 Å². The molecule has 0 aliphatic rings. The molecule has 0 bridgehead atoms. The molecule has 132 valence electrons. The predicted octanol–water partition coefficient (Wildman–Crippen LogP) is 4.19. The lowest BCUT2D eigenvalue weighted by atomic mass is 10.1. The van der Waals surface area contributed by atoms with Crippen molar-refractivity contribution in [2.75, 3.05) is 14.2 Å². The Labute approximate surface area is 150 Å². The van der Waals surface area contributed by atoms with Gasteiger partial charge in [0.15, 0.2) is 11.5 Å². The highest BCUT2D eigenvalue weighted by molar-refractivity contribution is 7.17. The fourth-order valence-electron chi connectivity index (χ4n) is 2.71.